The number of benzene rings is 1. The highest BCUT2D eigenvalue weighted by atomic mass is 19.4. The molecule has 0 unspecified atom stereocenters. The summed E-state index contributed by atoms with van der Waals surface area (Å²) in [5.41, 5.74) is 5.55. The van der Waals surface area contributed by atoms with Gasteiger partial charge in [-0.25, -0.2) is 4.79 Å². The number of carbonyl (C=O) groups is 1. The fourth-order valence-electron chi connectivity index (χ4n) is 1.65. The van der Waals surface area contributed by atoms with Crippen molar-refractivity contribution in [2.45, 2.75) is 12.7 Å². The predicted molar refractivity (Wildman–Crippen MR) is 68.3 cm³/mol. The number of ether oxygens (including phenoxy) is 2. The van der Waals surface area contributed by atoms with Gasteiger partial charge in [0.2, 0.25) is 5.69 Å². The molecule has 0 spiro atoms. The van der Waals surface area contributed by atoms with E-state index in [0.29, 0.717) is 11.3 Å². The number of halogens is 3. The van der Waals surface area contributed by atoms with Crippen LogP contribution in [0.2, 0.25) is 0 Å². The number of hydrogen-bond donors (Lipinski definition) is 1. The molecule has 1 heterocycles. The number of alkyl halides is 3. The maximum absolute atomic E-state index is 12.9. The summed E-state index contributed by atoms with van der Waals surface area (Å²) < 4.78 is 47.8. The number of aromatic nitrogens is 3. The van der Waals surface area contributed by atoms with Crippen LogP contribution in [0, 0.1) is 5.53 Å². The van der Waals surface area contributed by atoms with Crippen LogP contribution in [0.4, 0.5) is 18.0 Å². The molecule has 1 N–H and O–H groups in total. The van der Waals surface area contributed by atoms with Gasteiger partial charge in [0.1, 0.15) is 5.75 Å². The average Bonchev–Trinajstić information content (AvgIpc) is 2.90. The summed E-state index contributed by atoms with van der Waals surface area (Å²) in [5.74, 6) is -0.461. The van der Waals surface area contributed by atoms with Crippen LogP contribution < -0.4 is 9.47 Å². The van der Waals surface area contributed by atoms with E-state index in [1.54, 1.807) is 24.3 Å². The standard InChI is InChI=1S/C12H10F3N5O3/c1-22-8-4-2-7(3-5-8)6-20-18-9(12(13,14)15)10(19-20)23-11(21)17-16/h2-5,16H,6H2,1H3. The monoisotopic (exact) mass is 329 g/mol. The first kappa shape index (κ1) is 16.4. The molecule has 0 saturated carbocycles. The maximum Gasteiger partial charge on any atom is 0.458 e. The van der Waals surface area contributed by atoms with Gasteiger partial charge < -0.3 is 9.47 Å². The molecule has 0 aliphatic rings. The van der Waals surface area contributed by atoms with Crippen molar-refractivity contribution in [1.29, 1.82) is 5.53 Å². The van der Waals surface area contributed by atoms with Crippen LogP contribution in [0.25, 0.3) is 0 Å². The van der Waals surface area contributed by atoms with Crippen molar-refractivity contribution in [2.24, 2.45) is 5.11 Å². The van der Waals surface area contributed by atoms with E-state index in [2.05, 4.69) is 20.0 Å². The van der Waals surface area contributed by atoms with E-state index in [1.807, 2.05) is 0 Å². The molecule has 0 radical (unpaired) electrons. The lowest BCUT2D eigenvalue weighted by molar-refractivity contribution is -0.142. The molecule has 122 valence electrons. The Bertz CT molecular complexity index is 712. The smallest absolute Gasteiger partial charge is 0.458 e. The molecule has 2 rings (SSSR count). The molecule has 1 aromatic carbocycles. The molecule has 2 aromatic rings. The highest BCUT2D eigenvalue weighted by molar-refractivity contribution is 5.69. The van der Waals surface area contributed by atoms with Gasteiger partial charge in [0, 0.05) is 0 Å². The Morgan fingerprint density at radius 1 is 1.30 bits per heavy atom. The first-order valence-corrected chi connectivity index (χ1v) is 6.08. The van der Waals surface area contributed by atoms with Gasteiger partial charge in [0.25, 0.3) is 5.88 Å². The Balaban J connectivity index is 2.28. The minimum Gasteiger partial charge on any atom is -0.497 e. The lowest BCUT2D eigenvalue weighted by Crippen LogP contribution is -2.11. The molecule has 0 aliphatic carbocycles. The summed E-state index contributed by atoms with van der Waals surface area (Å²) in [5, 5.41) is 9.10. The van der Waals surface area contributed by atoms with E-state index in [9.17, 15) is 18.0 Å². The van der Waals surface area contributed by atoms with E-state index in [0.717, 1.165) is 4.80 Å². The fraction of sp³-hybridized carbons (Fsp3) is 0.250. The van der Waals surface area contributed by atoms with E-state index < -0.39 is 23.8 Å². The Hall–Kier alpha value is -2.98. The van der Waals surface area contributed by atoms with Crippen molar-refractivity contribution in [2.75, 3.05) is 7.11 Å². The van der Waals surface area contributed by atoms with E-state index >= 15 is 0 Å². The van der Waals surface area contributed by atoms with E-state index in [1.165, 1.54) is 7.11 Å². The Kier molecular flexibility index (Phi) is 4.57. The van der Waals surface area contributed by atoms with Gasteiger partial charge in [-0.2, -0.15) is 23.5 Å². The maximum atomic E-state index is 12.9. The van der Waals surface area contributed by atoms with Crippen molar-refractivity contribution in [3.8, 4) is 11.6 Å². The van der Waals surface area contributed by atoms with Crippen LogP contribution in [-0.2, 0) is 12.7 Å². The Morgan fingerprint density at radius 2 is 1.96 bits per heavy atom. The summed E-state index contributed by atoms with van der Waals surface area (Å²) in [4.78, 5) is 11.6. The molecular weight excluding hydrogens is 319 g/mol. The molecule has 0 saturated heterocycles. The number of methoxy groups -OCH3 is 1. The van der Waals surface area contributed by atoms with Crippen molar-refractivity contribution < 1.29 is 27.4 Å². The van der Waals surface area contributed by atoms with Crippen molar-refractivity contribution in [1.82, 2.24) is 15.0 Å². The van der Waals surface area contributed by atoms with Crippen LogP contribution in [-0.4, -0.2) is 28.2 Å². The second kappa shape index (κ2) is 6.42. The molecule has 0 aliphatic heterocycles. The molecule has 1 aromatic heterocycles. The topological polar surface area (TPSA) is 102 Å². The van der Waals surface area contributed by atoms with Gasteiger partial charge in [0.05, 0.1) is 13.7 Å². The van der Waals surface area contributed by atoms with Crippen LogP contribution >= 0.6 is 0 Å². The lowest BCUT2D eigenvalue weighted by atomic mass is 10.2. The summed E-state index contributed by atoms with van der Waals surface area (Å²) in [6.45, 7) is -0.0807. The Labute approximate surface area is 127 Å². The lowest BCUT2D eigenvalue weighted by Gasteiger charge is -2.03. The number of rotatable bonds is 4. The molecule has 11 heteroatoms. The third kappa shape index (κ3) is 4.02. The molecule has 23 heavy (non-hydrogen) atoms. The molecule has 0 atom stereocenters. The summed E-state index contributed by atoms with van der Waals surface area (Å²) in [6.07, 6.45) is -6.39. The zero-order valence-corrected chi connectivity index (χ0v) is 11.7. The summed E-state index contributed by atoms with van der Waals surface area (Å²) in [6, 6.07) is 6.51. The fourth-order valence-corrected chi connectivity index (χ4v) is 1.65. The number of nitrogens with one attached hydrogen (secondary N) is 1. The molecule has 8 nitrogen and oxygen atoms in total. The van der Waals surface area contributed by atoms with Crippen molar-refractivity contribution in [3.05, 3.63) is 35.5 Å². The molecule has 0 fully saturated rings. The van der Waals surface area contributed by atoms with Gasteiger partial charge in [-0.05, 0) is 17.7 Å². The second-order valence-electron chi connectivity index (χ2n) is 4.21. The van der Waals surface area contributed by atoms with Gasteiger partial charge in [-0.3, -0.25) is 0 Å². The van der Waals surface area contributed by atoms with Crippen molar-refractivity contribution >= 4 is 6.09 Å². The highest BCUT2D eigenvalue weighted by Crippen LogP contribution is 2.33. The highest BCUT2D eigenvalue weighted by Gasteiger charge is 2.40. The number of amides is 1. The van der Waals surface area contributed by atoms with Crippen LogP contribution in [0.3, 0.4) is 0 Å². The quantitative estimate of drug-likeness (QED) is 0.869. The molecular formula is C12H10F3N5O3. The van der Waals surface area contributed by atoms with Gasteiger partial charge >= 0.3 is 12.3 Å². The number of hydrogen-bond acceptors (Lipinski definition) is 6. The summed E-state index contributed by atoms with van der Waals surface area (Å²) in [7, 11) is 1.48. The zero-order chi connectivity index (χ0) is 17.0. The first-order valence-electron chi connectivity index (χ1n) is 6.08. The minimum absolute atomic E-state index is 0.0807. The van der Waals surface area contributed by atoms with Crippen LogP contribution in [0.5, 0.6) is 11.6 Å². The van der Waals surface area contributed by atoms with Gasteiger partial charge in [0.15, 0.2) is 0 Å². The second-order valence-corrected chi connectivity index (χ2v) is 4.21. The summed E-state index contributed by atoms with van der Waals surface area (Å²) >= 11 is 0. The van der Waals surface area contributed by atoms with Crippen molar-refractivity contribution in [3.63, 3.8) is 0 Å². The average molecular weight is 329 g/mol. The van der Waals surface area contributed by atoms with Gasteiger partial charge in [-0.15, -0.1) is 10.2 Å². The van der Waals surface area contributed by atoms with E-state index in [-0.39, 0.29) is 6.54 Å². The SMILES string of the molecule is COc1ccc(Cn2nc(OC(=O)N=N)c(C(F)(F)F)n2)cc1. The van der Waals surface area contributed by atoms with Crippen LogP contribution in [0.1, 0.15) is 11.3 Å². The minimum atomic E-state index is -4.87. The first-order chi connectivity index (χ1) is 10.8. The normalized spacial score (nSPS) is 11.1. The third-order valence-electron chi connectivity index (χ3n) is 2.65. The van der Waals surface area contributed by atoms with Crippen LogP contribution in [0.15, 0.2) is 29.4 Å². The molecule has 0 bridgehead atoms. The zero-order valence-electron chi connectivity index (χ0n) is 11.7. The molecule has 1 amide bonds. The van der Waals surface area contributed by atoms with E-state index in [4.69, 9.17) is 10.3 Å². The predicted octanol–water partition coefficient (Wildman–Crippen LogP) is 2.88. The largest absolute Gasteiger partial charge is 0.497 e. The Morgan fingerprint density at radius 3 is 2.48 bits per heavy atom. The number of carbonyl (C=O) groups excluding carboxylic acids is 1. The third-order valence-corrected chi connectivity index (χ3v) is 2.65. The van der Waals surface area contributed by atoms with Gasteiger partial charge in [-0.1, -0.05) is 17.2 Å². The number of nitrogens with zero attached hydrogens (tertiary/aromatic N) is 4.